The number of nitrogens with zero attached hydrogens (tertiary/aromatic N) is 2. The molecular formula is C22H25N3O4S2. The molecule has 0 spiro atoms. The van der Waals surface area contributed by atoms with E-state index >= 15 is 0 Å². The Morgan fingerprint density at radius 3 is 2.71 bits per heavy atom. The summed E-state index contributed by atoms with van der Waals surface area (Å²) in [6.45, 7) is 4.71. The summed E-state index contributed by atoms with van der Waals surface area (Å²) >= 11 is 1.54. The fourth-order valence-corrected chi connectivity index (χ4v) is 6.14. The van der Waals surface area contributed by atoms with E-state index in [-0.39, 0.29) is 18.4 Å². The number of hydrogen-bond donors (Lipinski definition) is 1. The van der Waals surface area contributed by atoms with Crippen molar-refractivity contribution in [1.29, 1.82) is 0 Å². The first-order valence-corrected chi connectivity index (χ1v) is 12.5. The van der Waals surface area contributed by atoms with Gasteiger partial charge in [0.05, 0.1) is 22.0 Å². The monoisotopic (exact) mass is 459 g/mol. The van der Waals surface area contributed by atoms with E-state index < -0.39 is 10.0 Å². The molecule has 4 rings (SSSR count). The molecule has 1 aromatic carbocycles. The van der Waals surface area contributed by atoms with E-state index in [9.17, 15) is 13.2 Å². The van der Waals surface area contributed by atoms with Gasteiger partial charge in [0, 0.05) is 19.0 Å². The van der Waals surface area contributed by atoms with Crippen LogP contribution in [-0.2, 0) is 21.4 Å². The average molecular weight is 460 g/mol. The number of aromatic nitrogens is 1. The van der Waals surface area contributed by atoms with E-state index in [1.165, 1.54) is 4.31 Å². The lowest BCUT2D eigenvalue weighted by Gasteiger charge is -2.31. The van der Waals surface area contributed by atoms with Gasteiger partial charge in [-0.25, -0.2) is 13.4 Å². The minimum atomic E-state index is -3.55. The molecule has 1 fully saturated rings. The Labute approximate surface area is 186 Å². The molecule has 1 saturated heterocycles. The summed E-state index contributed by atoms with van der Waals surface area (Å²) in [7, 11) is -3.55. The molecule has 7 nitrogen and oxygen atoms in total. The Morgan fingerprint density at radius 2 is 2.03 bits per heavy atom. The normalized spacial score (nSPS) is 15.8. The van der Waals surface area contributed by atoms with Gasteiger partial charge < -0.3 is 9.73 Å². The molecule has 31 heavy (non-hydrogen) atoms. The number of sulfonamides is 1. The van der Waals surface area contributed by atoms with Crippen LogP contribution in [-0.4, -0.2) is 36.7 Å². The molecule has 1 N–H and O–H groups in total. The van der Waals surface area contributed by atoms with Gasteiger partial charge in [0.25, 0.3) is 0 Å². The number of carbonyl (C=O) groups is 1. The van der Waals surface area contributed by atoms with Gasteiger partial charge in [-0.2, -0.15) is 4.31 Å². The molecule has 1 aliphatic heterocycles. The first-order valence-electron chi connectivity index (χ1n) is 10.2. The number of benzene rings is 1. The number of rotatable bonds is 6. The first kappa shape index (κ1) is 21.7. The summed E-state index contributed by atoms with van der Waals surface area (Å²) in [5, 5.41) is 4.85. The standard InChI is InChI=1S/C22H25N3O4S2/c1-15-5-6-20(16(2)12-15)31(27,28)25-9-7-17(8-10-25)21(26)23-13-18-14-29-22(24-18)19-4-3-11-30-19/h3-6,11-12,14,17H,7-10,13H2,1-2H3,(H,23,26). The summed E-state index contributed by atoms with van der Waals surface area (Å²) in [5.74, 6) is 0.252. The number of piperidine rings is 1. The second-order valence-electron chi connectivity index (χ2n) is 7.79. The number of amides is 1. The zero-order valence-corrected chi connectivity index (χ0v) is 19.1. The molecule has 1 aliphatic rings. The van der Waals surface area contributed by atoms with Crippen LogP contribution in [0.5, 0.6) is 0 Å². The highest BCUT2D eigenvalue weighted by Gasteiger charge is 2.32. The van der Waals surface area contributed by atoms with Crippen LogP contribution in [0.4, 0.5) is 0 Å². The van der Waals surface area contributed by atoms with E-state index in [1.54, 1.807) is 23.7 Å². The summed E-state index contributed by atoms with van der Waals surface area (Å²) in [6, 6.07) is 9.22. The number of oxazole rings is 1. The van der Waals surface area contributed by atoms with Gasteiger partial charge in [0.15, 0.2) is 0 Å². The largest absolute Gasteiger partial charge is 0.443 e. The third-order valence-corrected chi connectivity index (χ3v) is 8.42. The quantitative estimate of drug-likeness (QED) is 0.606. The lowest BCUT2D eigenvalue weighted by molar-refractivity contribution is -0.126. The minimum absolute atomic E-state index is 0.0794. The van der Waals surface area contributed by atoms with Crippen LogP contribution in [0.25, 0.3) is 10.8 Å². The fraction of sp³-hybridized carbons (Fsp3) is 0.364. The third kappa shape index (κ3) is 4.73. The van der Waals surface area contributed by atoms with Gasteiger partial charge in [-0.3, -0.25) is 4.79 Å². The number of aryl methyl sites for hydroxylation is 2. The van der Waals surface area contributed by atoms with Crippen molar-refractivity contribution in [3.05, 3.63) is 58.8 Å². The maximum Gasteiger partial charge on any atom is 0.243 e. The number of thiophene rings is 1. The van der Waals surface area contributed by atoms with Crippen LogP contribution < -0.4 is 5.32 Å². The highest BCUT2D eigenvalue weighted by molar-refractivity contribution is 7.89. The molecule has 0 radical (unpaired) electrons. The summed E-state index contributed by atoms with van der Waals surface area (Å²) in [4.78, 5) is 18.3. The predicted molar refractivity (Wildman–Crippen MR) is 119 cm³/mol. The SMILES string of the molecule is Cc1ccc(S(=O)(=O)N2CCC(C(=O)NCc3coc(-c4cccs4)n3)CC2)c(C)c1. The van der Waals surface area contributed by atoms with Crippen molar-refractivity contribution in [2.45, 2.75) is 38.1 Å². The lowest BCUT2D eigenvalue weighted by atomic mass is 9.97. The van der Waals surface area contributed by atoms with Crippen LogP contribution in [0, 0.1) is 19.8 Å². The van der Waals surface area contributed by atoms with Crippen LogP contribution >= 0.6 is 11.3 Å². The third-order valence-electron chi connectivity index (χ3n) is 5.50. The Bertz CT molecular complexity index is 1160. The van der Waals surface area contributed by atoms with Crippen molar-refractivity contribution in [3.8, 4) is 10.8 Å². The van der Waals surface area contributed by atoms with E-state index in [0.717, 1.165) is 16.0 Å². The zero-order valence-electron chi connectivity index (χ0n) is 17.5. The molecule has 9 heteroatoms. The molecule has 0 unspecified atom stereocenters. The van der Waals surface area contributed by atoms with Crippen molar-refractivity contribution in [2.75, 3.05) is 13.1 Å². The van der Waals surface area contributed by atoms with Gasteiger partial charge >= 0.3 is 0 Å². The second-order valence-corrected chi connectivity index (χ2v) is 10.6. The zero-order chi connectivity index (χ0) is 22.0. The van der Waals surface area contributed by atoms with Crippen LogP contribution in [0.3, 0.4) is 0 Å². The number of carbonyl (C=O) groups excluding carboxylic acids is 1. The van der Waals surface area contributed by atoms with Crippen LogP contribution in [0.15, 0.2) is 51.3 Å². The van der Waals surface area contributed by atoms with Crippen LogP contribution in [0.2, 0.25) is 0 Å². The van der Waals surface area contributed by atoms with Crippen molar-refractivity contribution in [3.63, 3.8) is 0 Å². The molecule has 0 bridgehead atoms. The molecule has 3 aromatic rings. The Kier molecular flexibility index (Phi) is 6.27. The topological polar surface area (TPSA) is 92.5 Å². The van der Waals surface area contributed by atoms with Crippen molar-refractivity contribution >= 4 is 27.3 Å². The molecule has 2 aromatic heterocycles. The molecular weight excluding hydrogens is 434 g/mol. The first-order chi connectivity index (χ1) is 14.8. The average Bonchev–Trinajstić information content (AvgIpc) is 3.43. The molecule has 0 saturated carbocycles. The Hall–Kier alpha value is -2.49. The molecule has 3 heterocycles. The maximum absolute atomic E-state index is 13.0. The molecule has 164 valence electrons. The number of hydrogen-bond acceptors (Lipinski definition) is 6. The van der Waals surface area contributed by atoms with Crippen molar-refractivity contribution in [1.82, 2.24) is 14.6 Å². The fourth-order valence-electron chi connectivity index (χ4n) is 3.81. The molecule has 0 aliphatic carbocycles. The number of nitrogens with one attached hydrogen (secondary N) is 1. The summed E-state index contributed by atoms with van der Waals surface area (Å²) in [6.07, 6.45) is 2.54. The highest BCUT2D eigenvalue weighted by Crippen LogP contribution is 2.27. The Morgan fingerprint density at radius 1 is 1.26 bits per heavy atom. The molecule has 1 amide bonds. The lowest BCUT2D eigenvalue weighted by Crippen LogP contribution is -2.43. The van der Waals surface area contributed by atoms with Crippen molar-refractivity contribution < 1.29 is 17.6 Å². The van der Waals surface area contributed by atoms with Gasteiger partial charge in [0.2, 0.25) is 21.8 Å². The highest BCUT2D eigenvalue weighted by atomic mass is 32.2. The molecule has 0 atom stereocenters. The van der Waals surface area contributed by atoms with E-state index in [0.29, 0.717) is 42.4 Å². The van der Waals surface area contributed by atoms with Gasteiger partial charge in [-0.15, -0.1) is 11.3 Å². The van der Waals surface area contributed by atoms with E-state index in [2.05, 4.69) is 10.3 Å². The van der Waals surface area contributed by atoms with E-state index in [4.69, 9.17) is 4.42 Å². The van der Waals surface area contributed by atoms with Gasteiger partial charge in [0.1, 0.15) is 6.26 Å². The summed E-state index contributed by atoms with van der Waals surface area (Å²) < 4.78 is 33.0. The Balaban J connectivity index is 1.31. The second kappa shape index (κ2) is 8.94. The smallest absolute Gasteiger partial charge is 0.243 e. The predicted octanol–water partition coefficient (Wildman–Crippen LogP) is 3.74. The summed E-state index contributed by atoms with van der Waals surface area (Å²) in [5.41, 5.74) is 2.43. The van der Waals surface area contributed by atoms with Gasteiger partial charge in [-0.05, 0) is 49.8 Å². The van der Waals surface area contributed by atoms with Crippen molar-refractivity contribution in [2.24, 2.45) is 5.92 Å². The maximum atomic E-state index is 13.0. The minimum Gasteiger partial charge on any atom is -0.443 e. The van der Waals surface area contributed by atoms with E-state index in [1.807, 2.05) is 43.5 Å². The van der Waals surface area contributed by atoms with Crippen LogP contribution in [0.1, 0.15) is 29.7 Å². The van der Waals surface area contributed by atoms with Gasteiger partial charge in [-0.1, -0.05) is 23.8 Å².